The number of nitrogens with two attached hydrogens (primary N) is 1. The second-order valence-corrected chi connectivity index (χ2v) is 4.11. The fraction of sp³-hybridized carbons (Fsp3) is 0.818. The molecule has 2 heterocycles. The van der Waals surface area contributed by atoms with Crippen LogP contribution < -0.4 is 5.73 Å². The van der Waals surface area contributed by atoms with Gasteiger partial charge in [0.15, 0.2) is 5.82 Å². The number of aromatic nitrogens is 2. The molecule has 2 rings (SSSR count). The predicted octanol–water partition coefficient (Wildman–Crippen LogP) is 1.35. The Bertz CT molecular complexity index is 336. The molecule has 2 unspecified atom stereocenters. The van der Waals surface area contributed by atoms with E-state index in [2.05, 4.69) is 10.1 Å². The number of ether oxygens (including phenoxy) is 2. The largest absolute Gasteiger partial charge is 0.380 e. The first kappa shape index (κ1) is 12.5. The summed E-state index contributed by atoms with van der Waals surface area (Å²) in [4.78, 5) is 4.28. The zero-order valence-electron chi connectivity index (χ0n) is 10.1. The van der Waals surface area contributed by atoms with Crippen molar-refractivity contribution in [1.29, 1.82) is 0 Å². The molecule has 6 nitrogen and oxygen atoms in total. The van der Waals surface area contributed by atoms with Gasteiger partial charge in [0, 0.05) is 13.2 Å². The Morgan fingerprint density at radius 1 is 1.53 bits per heavy atom. The highest BCUT2D eigenvalue weighted by atomic mass is 16.5. The van der Waals surface area contributed by atoms with E-state index in [4.69, 9.17) is 19.7 Å². The van der Waals surface area contributed by atoms with E-state index in [0.717, 1.165) is 25.9 Å². The molecule has 2 N–H and O–H groups in total. The Labute approximate surface area is 100 Å². The normalized spacial score (nSPS) is 22.6. The van der Waals surface area contributed by atoms with Crippen molar-refractivity contribution in [2.45, 2.75) is 38.3 Å². The van der Waals surface area contributed by atoms with Gasteiger partial charge in [-0.15, -0.1) is 0 Å². The van der Waals surface area contributed by atoms with Crippen LogP contribution in [0, 0.1) is 0 Å². The molecule has 96 valence electrons. The molecule has 0 aromatic carbocycles. The summed E-state index contributed by atoms with van der Waals surface area (Å²) in [5, 5.41) is 3.87. The fourth-order valence-corrected chi connectivity index (χ4v) is 1.78. The first-order valence-electron chi connectivity index (χ1n) is 6.09. The zero-order chi connectivity index (χ0) is 12.1. The minimum absolute atomic E-state index is 0.0655. The highest BCUT2D eigenvalue weighted by Crippen LogP contribution is 2.26. The molecular weight excluding hydrogens is 222 g/mol. The Kier molecular flexibility index (Phi) is 4.47. The molecule has 1 aromatic heterocycles. The average Bonchev–Trinajstić information content (AvgIpc) is 2.86. The van der Waals surface area contributed by atoms with Gasteiger partial charge in [-0.2, -0.15) is 4.98 Å². The third-order valence-electron chi connectivity index (χ3n) is 2.75. The van der Waals surface area contributed by atoms with Crippen molar-refractivity contribution in [3.05, 3.63) is 11.7 Å². The zero-order valence-corrected chi connectivity index (χ0v) is 10.1. The maximum Gasteiger partial charge on any atom is 0.255 e. The van der Waals surface area contributed by atoms with Crippen molar-refractivity contribution < 1.29 is 14.0 Å². The first-order valence-corrected chi connectivity index (χ1v) is 6.09. The van der Waals surface area contributed by atoms with Crippen molar-refractivity contribution in [2.24, 2.45) is 5.73 Å². The molecule has 17 heavy (non-hydrogen) atoms. The second-order valence-electron chi connectivity index (χ2n) is 4.11. The van der Waals surface area contributed by atoms with Gasteiger partial charge < -0.3 is 19.7 Å². The van der Waals surface area contributed by atoms with Gasteiger partial charge in [0.25, 0.3) is 5.89 Å². The molecule has 0 radical (unpaired) electrons. The first-order chi connectivity index (χ1) is 8.31. The van der Waals surface area contributed by atoms with Gasteiger partial charge in [0.2, 0.25) is 0 Å². The summed E-state index contributed by atoms with van der Waals surface area (Å²) >= 11 is 0. The molecule has 2 atom stereocenters. The number of hydrogen-bond donors (Lipinski definition) is 1. The van der Waals surface area contributed by atoms with E-state index >= 15 is 0 Å². The van der Waals surface area contributed by atoms with Gasteiger partial charge in [0.05, 0.1) is 12.6 Å². The molecule has 1 aliphatic heterocycles. The number of rotatable bonds is 5. The van der Waals surface area contributed by atoms with Crippen molar-refractivity contribution in [1.82, 2.24) is 10.1 Å². The number of hydrogen-bond acceptors (Lipinski definition) is 6. The molecular formula is C11H19N3O3. The summed E-state index contributed by atoms with van der Waals surface area (Å²) in [7, 11) is 0. The summed E-state index contributed by atoms with van der Waals surface area (Å²) in [5.41, 5.74) is 5.87. The van der Waals surface area contributed by atoms with Crippen molar-refractivity contribution in [3.8, 4) is 0 Å². The standard InChI is InChI=1S/C11H19N3O3/c1-2-15-7-8(12)10-13-11(17-14-10)9-5-3-4-6-16-9/h8-9H,2-7,12H2,1H3. The van der Waals surface area contributed by atoms with Crippen molar-refractivity contribution in [3.63, 3.8) is 0 Å². The second kappa shape index (κ2) is 6.09. The van der Waals surface area contributed by atoms with E-state index in [9.17, 15) is 0 Å². The Balaban J connectivity index is 1.94. The quantitative estimate of drug-likeness (QED) is 0.837. The monoisotopic (exact) mass is 241 g/mol. The van der Waals surface area contributed by atoms with Crippen LogP contribution in [0.2, 0.25) is 0 Å². The van der Waals surface area contributed by atoms with Crippen LogP contribution >= 0.6 is 0 Å². The molecule has 0 bridgehead atoms. The van der Waals surface area contributed by atoms with E-state index in [0.29, 0.717) is 24.9 Å². The summed E-state index contributed by atoms with van der Waals surface area (Å²) in [6, 6.07) is -0.337. The van der Waals surface area contributed by atoms with Crippen LogP contribution in [0.4, 0.5) is 0 Å². The van der Waals surface area contributed by atoms with Crippen LogP contribution in [0.5, 0.6) is 0 Å². The maximum atomic E-state index is 5.87. The molecule has 6 heteroatoms. The predicted molar refractivity (Wildman–Crippen MR) is 60.3 cm³/mol. The van der Waals surface area contributed by atoms with E-state index in [1.165, 1.54) is 0 Å². The molecule has 1 aliphatic rings. The average molecular weight is 241 g/mol. The Morgan fingerprint density at radius 3 is 3.12 bits per heavy atom. The lowest BCUT2D eigenvalue weighted by Gasteiger charge is -2.18. The van der Waals surface area contributed by atoms with Crippen molar-refractivity contribution >= 4 is 0 Å². The maximum absolute atomic E-state index is 5.87. The van der Waals surface area contributed by atoms with E-state index in [-0.39, 0.29) is 12.1 Å². The van der Waals surface area contributed by atoms with Gasteiger partial charge >= 0.3 is 0 Å². The van der Waals surface area contributed by atoms with Crippen LogP contribution in [0.1, 0.15) is 50.0 Å². The summed E-state index contributed by atoms with van der Waals surface area (Å²) in [6.45, 7) is 3.71. The van der Waals surface area contributed by atoms with Gasteiger partial charge in [-0.3, -0.25) is 0 Å². The smallest absolute Gasteiger partial charge is 0.255 e. The highest BCUT2D eigenvalue weighted by Gasteiger charge is 2.23. The molecule has 0 amide bonds. The van der Waals surface area contributed by atoms with Gasteiger partial charge in [0.1, 0.15) is 6.10 Å². The molecule has 0 spiro atoms. The summed E-state index contributed by atoms with van der Waals surface area (Å²) in [6.07, 6.45) is 3.10. The van der Waals surface area contributed by atoms with Crippen molar-refractivity contribution in [2.75, 3.05) is 19.8 Å². The highest BCUT2D eigenvalue weighted by molar-refractivity contribution is 4.96. The minimum atomic E-state index is -0.337. The fourth-order valence-electron chi connectivity index (χ4n) is 1.78. The molecule has 1 fully saturated rings. The number of nitrogens with zero attached hydrogens (tertiary/aromatic N) is 2. The SMILES string of the molecule is CCOCC(N)c1noc(C2CCCCO2)n1. The Hall–Kier alpha value is -0.980. The lowest BCUT2D eigenvalue weighted by atomic mass is 10.1. The summed E-state index contributed by atoms with van der Waals surface area (Å²) < 4.78 is 16.0. The lowest BCUT2D eigenvalue weighted by molar-refractivity contribution is -0.00459. The molecule has 1 aromatic rings. The van der Waals surface area contributed by atoms with Gasteiger partial charge in [-0.25, -0.2) is 0 Å². The van der Waals surface area contributed by atoms with Gasteiger partial charge in [-0.1, -0.05) is 5.16 Å². The lowest BCUT2D eigenvalue weighted by Crippen LogP contribution is -2.19. The van der Waals surface area contributed by atoms with Gasteiger partial charge in [-0.05, 0) is 26.2 Å². The van der Waals surface area contributed by atoms with Crippen LogP contribution in [-0.2, 0) is 9.47 Å². The van der Waals surface area contributed by atoms with E-state index < -0.39 is 0 Å². The van der Waals surface area contributed by atoms with Crippen LogP contribution in [0.25, 0.3) is 0 Å². The van der Waals surface area contributed by atoms with Crippen LogP contribution in [-0.4, -0.2) is 30.0 Å². The van der Waals surface area contributed by atoms with E-state index in [1.54, 1.807) is 0 Å². The van der Waals surface area contributed by atoms with E-state index in [1.807, 2.05) is 6.92 Å². The molecule has 1 saturated heterocycles. The van der Waals surface area contributed by atoms with Crippen LogP contribution in [0.3, 0.4) is 0 Å². The third kappa shape index (κ3) is 3.24. The molecule has 0 aliphatic carbocycles. The molecule has 0 saturated carbocycles. The Morgan fingerprint density at radius 2 is 2.41 bits per heavy atom. The minimum Gasteiger partial charge on any atom is -0.380 e. The van der Waals surface area contributed by atoms with Crippen LogP contribution in [0.15, 0.2) is 4.52 Å². The topological polar surface area (TPSA) is 83.4 Å². The third-order valence-corrected chi connectivity index (χ3v) is 2.75. The summed E-state index contributed by atoms with van der Waals surface area (Å²) in [5.74, 6) is 1.02.